The molecule has 0 saturated heterocycles. The van der Waals surface area contributed by atoms with Crippen LogP contribution in [-0.4, -0.2) is 69.1 Å². The van der Waals surface area contributed by atoms with Gasteiger partial charge in [0, 0.05) is 13.0 Å². The fraction of sp³-hybridized carbons (Fsp3) is 0.611. The molecule has 0 aliphatic rings. The molecule has 0 saturated carbocycles. The van der Waals surface area contributed by atoms with Crippen LogP contribution in [0.1, 0.15) is 19.8 Å². The Kier molecular flexibility index (Phi) is 8.74. The maximum absolute atomic E-state index is 11.8. The molecule has 24 heavy (non-hydrogen) atoms. The quantitative estimate of drug-likeness (QED) is 0.199. The second-order valence-corrected chi connectivity index (χ2v) is 6.85. The van der Waals surface area contributed by atoms with Crippen LogP contribution in [0, 0.1) is 0 Å². The summed E-state index contributed by atoms with van der Waals surface area (Å²) in [5.74, 6) is 0.552. The summed E-state index contributed by atoms with van der Waals surface area (Å²) in [5.41, 5.74) is 0.627. The van der Waals surface area contributed by atoms with Gasteiger partial charge in [-0.15, -0.1) is 0 Å². The normalized spacial score (nSPS) is 13.8. The van der Waals surface area contributed by atoms with Crippen molar-refractivity contribution in [3.63, 3.8) is 0 Å². The molecule has 0 fully saturated rings. The van der Waals surface area contributed by atoms with Crippen molar-refractivity contribution in [2.24, 2.45) is 4.99 Å². The molecule has 1 atom stereocenters. The lowest BCUT2D eigenvalue weighted by Gasteiger charge is -2.25. The molecule has 136 valence electrons. The van der Waals surface area contributed by atoms with Gasteiger partial charge in [0.25, 0.3) is 0 Å². The maximum Gasteiger partial charge on any atom is 0.212 e. The summed E-state index contributed by atoms with van der Waals surface area (Å²) in [7, 11) is 6.14. The second kappa shape index (κ2) is 10.3. The first-order chi connectivity index (χ1) is 11.3. The molecule has 0 radical (unpaired) electrons. The number of nitrogens with zero attached hydrogens (tertiary/aromatic N) is 2. The summed E-state index contributed by atoms with van der Waals surface area (Å²) in [6, 6.07) is 7.05. The van der Waals surface area contributed by atoms with Crippen molar-refractivity contribution in [2.75, 3.05) is 47.5 Å². The van der Waals surface area contributed by atoms with Gasteiger partial charge < -0.3 is 24.2 Å². The van der Waals surface area contributed by atoms with Crippen molar-refractivity contribution in [1.82, 2.24) is 0 Å². The average molecular weight is 339 g/mol. The molecule has 0 heterocycles. The first kappa shape index (κ1) is 20.4. The van der Waals surface area contributed by atoms with Gasteiger partial charge in [0.2, 0.25) is 6.10 Å². The molecule has 1 unspecified atom stereocenters. The van der Waals surface area contributed by atoms with Crippen LogP contribution in [0.4, 0.5) is 5.69 Å². The molecule has 1 aromatic carbocycles. The Morgan fingerprint density at radius 3 is 2.46 bits per heavy atom. The third-order valence-electron chi connectivity index (χ3n) is 3.21. The molecule has 6 heteroatoms. The highest BCUT2D eigenvalue weighted by atomic mass is 16.5. The van der Waals surface area contributed by atoms with E-state index in [1.165, 1.54) is 0 Å². The van der Waals surface area contributed by atoms with Gasteiger partial charge >= 0.3 is 0 Å². The van der Waals surface area contributed by atoms with Crippen LogP contribution in [-0.2, 0) is 4.74 Å². The Morgan fingerprint density at radius 1 is 1.21 bits per heavy atom. The Bertz CT molecular complexity index is 495. The third-order valence-corrected chi connectivity index (χ3v) is 3.21. The van der Waals surface area contributed by atoms with Crippen molar-refractivity contribution in [3.05, 3.63) is 24.3 Å². The number of quaternary nitrogens is 1. The lowest BCUT2D eigenvalue weighted by Crippen LogP contribution is -2.38. The molecule has 0 aromatic heterocycles. The topological polar surface area (TPSA) is 76.8 Å². The Balaban J connectivity index is 2.42. The van der Waals surface area contributed by atoms with Crippen LogP contribution in [0.2, 0.25) is 0 Å². The minimum absolute atomic E-state index is 0.115. The zero-order valence-electron chi connectivity index (χ0n) is 15.2. The summed E-state index contributed by atoms with van der Waals surface area (Å²) < 4.78 is 11.6. The van der Waals surface area contributed by atoms with Crippen molar-refractivity contribution < 1.29 is 24.2 Å². The second-order valence-electron chi connectivity index (χ2n) is 6.85. The van der Waals surface area contributed by atoms with E-state index in [2.05, 4.69) is 4.99 Å². The van der Waals surface area contributed by atoms with E-state index in [0.29, 0.717) is 31.1 Å². The fourth-order valence-electron chi connectivity index (χ4n) is 1.86. The van der Waals surface area contributed by atoms with E-state index in [-0.39, 0.29) is 12.5 Å². The number of hydrogen-bond acceptors (Lipinski definition) is 4. The van der Waals surface area contributed by atoms with Crippen molar-refractivity contribution >= 4 is 11.6 Å². The maximum atomic E-state index is 11.8. The summed E-state index contributed by atoms with van der Waals surface area (Å²) in [6.45, 7) is 4.13. The summed E-state index contributed by atoms with van der Waals surface area (Å²) >= 11 is 0. The van der Waals surface area contributed by atoms with E-state index in [4.69, 9.17) is 14.6 Å². The number of benzene rings is 1. The fourth-order valence-corrected chi connectivity index (χ4v) is 1.86. The van der Waals surface area contributed by atoms with Crippen LogP contribution in [0.25, 0.3) is 0 Å². The van der Waals surface area contributed by atoms with E-state index in [9.17, 15) is 5.11 Å². The van der Waals surface area contributed by atoms with Crippen LogP contribution < -0.4 is 9.84 Å². The lowest BCUT2D eigenvalue weighted by atomic mass is 10.3. The molecule has 0 bridgehead atoms. The van der Waals surface area contributed by atoms with Gasteiger partial charge in [-0.3, -0.25) is 4.99 Å². The van der Waals surface area contributed by atoms with E-state index >= 15 is 0 Å². The predicted molar refractivity (Wildman–Crippen MR) is 95.1 cm³/mol. The smallest absolute Gasteiger partial charge is 0.212 e. The van der Waals surface area contributed by atoms with E-state index in [1.54, 1.807) is 24.3 Å². The summed E-state index contributed by atoms with van der Waals surface area (Å²) in [6.07, 6.45) is 0.976. The van der Waals surface area contributed by atoms with E-state index < -0.39 is 6.10 Å². The zero-order chi connectivity index (χ0) is 18.0. The molecule has 6 nitrogen and oxygen atoms in total. The Morgan fingerprint density at radius 2 is 1.88 bits per heavy atom. The predicted octanol–water partition coefficient (Wildman–Crippen LogP) is 1.07. The van der Waals surface area contributed by atoms with Crippen LogP contribution in [0.15, 0.2) is 29.3 Å². The Hall–Kier alpha value is -1.63. The highest BCUT2D eigenvalue weighted by molar-refractivity contribution is 5.75. The molecular weight excluding hydrogens is 308 g/mol. The molecule has 1 rings (SSSR count). The molecule has 0 spiro atoms. The Labute approximate surface area is 144 Å². The minimum Gasteiger partial charge on any atom is -0.862 e. The number of rotatable bonds is 11. The highest BCUT2D eigenvalue weighted by Crippen LogP contribution is 2.18. The van der Waals surface area contributed by atoms with E-state index in [0.717, 1.165) is 17.4 Å². The first-order valence-corrected chi connectivity index (χ1v) is 8.37. The number of ether oxygens (including phenoxy) is 2. The van der Waals surface area contributed by atoms with Gasteiger partial charge in [-0.05, 0) is 36.6 Å². The van der Waals surface area contributed by atoms with Gasteiger partial charge in [-0.2, -0.15) is 0 Å². The van der Waals surface area contributed by atoms with Gasteiger partial charge in [-0.1, -0.05) is 6.92 Å². The van der Waals surface area contributed by atoms with Crippen molar-refractivity contribution in [3.8, 4) is 5.75 Å². The molecule has 0 amide bonds. The van der Waals surface area contributed by atoms with Crippen molar-refractivity contribution in [2.45, 2.75) is 25.9 Å². The highest BCUT2D eigenvalue weighted by Gasteiger charge is 2.10. The summed E-state index contributed by atoms with van der Waals surface area (Å²) in [4.78, 5) is 4.09. The summed E-state index contributed by atoms with van der Waals surface area (Å²) in [5, 5.41) is 19.7. The number of hydrogen-bond donors (Lipinski definition) is 0. The number of aliphatic imine (C=N–C) groups is 1. The first-order valence-electron chi connectivity index (χ1n) is 8.37. The molecule has 0 aliphatic carbocycles. The van der Waals surface area contributed by atoms with Crippen LogP contribution >= 0.6 is 0 Å². The minimum atomic E-state index is -0.405. The van der Waals surface area contributed by atoms with Crippen molar-refractivity contribution in [1.29, 1.82) is 0 Å². The molecule has 1 aromatic rings. The average Bonchev–Trinajstić information content (AvgIpc) is 2.52. The van der Waals surface area contributed by atoms with Gasteiger partial charge in [0.15, 0.2) is 6.61 Å². The SMILES string of the molecule is CCCOCC([OH2+])COc1ccc(N=C([O-])CC[N+](C)(C)C)cc1. The van der Waals surface area contributed by atoms with Gasteiger partial charge in [0.1, 0.15) is 12.4 Å². The van der Waals surface area contributed by atoms with Gasteiger partial charge in [-0.25, -0.2) is 0 Å². The standard InChI is InChI=1S/C18H30N2O4/c1-5-12-23-13-16(21)14-24-17-8-6-15(7-9-17)19-18(22)10-11-20(2,3)4/h6-9,16,21H,5,10-14H2,1-4H3/p+1. The third kappa shape index (κ3) is 9.50. The van der Waals surface area contributed by atoms with Crippen LogP contribution in [0.3, 0.4) is 0 Å². The molecule has 2 N–H and O–H groups in total. The van der Waals surface area contributed by atoms with E-state index in [1.807, 2.05) is 28.1 Å². The molecular formula is C18H31N2O4+. The molecule has 0 aliphatic heterocycles. The zero-order valence-corrected chi connectivity index (χ0v) is 15.2. The largest absolute Gasteiger partial charge is 0.862 e. The van der Waals surface area contributed by atoms with Crippen LogP contribution in [0.5, 0.6) is 5.75 Å². The van der Waals surface area contributed by atoms with Gasteiger partial charge in [0.05, 0.1) is 33.4 Å². The monoisotopic (exact) mass is 339 g/mol. The lowest BCUT2D eigenvalue weighted by molar-refractivity contribution is -0.869.